The summed E-state index contributed by atoms with van der Waals surface area (Å²) in [6, 6.07) is 2.26. The lowest BCUT2D eigenvalue weighted by Crippen LogP contribution is -2.43. The van der Waals surface area contributed by atoms with Crippen molar-refractivity contribution in [2.24, 2.45) is 5.92 Å². The number of nitrogens with one attached hydrogen (secondary N) is 1. The maximum Gasteiger partial charge on any atom is 0.246 e. The fourth-order valence-electron chi connectivity index (χ4n) is 2.52. The van der Waals surface area contributed by atoms with Crippen molar-refractivity contribution in [2.75, 3.05) is 19.6 Å². The van der Waals surface area contributed by atoms with Crippen LogP contribution in [0.2, 0.25) is 0 Å². The standard InChI is InChI=1S/C14H18F2N2O4S2/c1-2-23(19,20)17-9-11-4-3-7-18(10-11)24(21,22)14-8-12(15)5-6-13(14)16/h2,5-6,8,11,17H,1,3-4,7,9-10H2. The van der Waals surface area contributed by atoms with Crippen molar-refractivity contribution in [3.63, 3.8) is 0 Å². The van der Waals surface area contributed by atoms with Crippen LogP contribution in [-0.4, -0.2) is 40.8 Å². The van der Waals surface area contributed by atoms with Gasteiger partial charge in [0.1, 0.15) is 16.5 Å². The Kier molecular flexibility index (Phi) is 5.74. The first-order chi connectivity index (χ1) is 11.2. The third-order valence-corrected chi connectivity index (χ3v) is 6.67. The van der Waals surface area contributed by atoms with Gasteiger partial charge < -0.3 is 0 Å². The molecule has 0 bridgehead atoms. The third kappa shape index (κ3) is 4.38. The van der Waals surface area contributed by atoms with Crippen molar-refractivity contribution in [1.29, 1.82) is 0 Å². The normalized spacial score (nSPS) is 20.0. The third-order valence-electron chi connectivity index (χ3n) is 3.79. The second kappa shape index (κ2) is 7.26. The molecule has 2 rings (SSSR count). The Bertz CT molecular complexity index is 825. The number of sulfonamides is 2. The number of hydrogen-bond acceptors (Lipinski definition) is 4. The predicted octanol–water partition coefficient (Wildman–Crippen LogP) is 1.43. The minimum Gasteiger partial charge on any atom is -0.211 e. The Hall–Kier alpha value is -1.36. The Labute approximate surface area is 140 Å². The van der Waals surface area contributed by atoms with Crippen molar-refractivity contribution in [3.8, 4) is 0 Å². The lowest BCUT2D eigenvalue weighted by Gasteiger charge is -2.32. The average Bonchev–Trinajstić information content (AvgIpc) is 2.55. The van der Waals surface area contributed by atoms with Gasteiger partial charge in [0, 0.05) is 25.0 Å². The summed E-state index contributed by atoms with van der Waals surface area (Å²) in [4.78, 5) is -0.713. The van der Waals surface area contributed by atoms with Crippen LogP contribution in [0.3, 0.4) is 0 Å². The van der Waals surface area contributed by atoms with Gasteiger partial charge in [-0.25, -0.2) is 30.3 Å². The SMILES string of the molecule is C=CS(=O)(=O)NCC1CCCN(S(=O)(=O)c2cc(F)ccc2F)C1. The van der Waals surface area contributed by atoms with E-state index in [0.29, 0.717) is 18.9 Å². The molecule has 0 radical (unpaired) electrons. The molecule has 0 spiro atoms. The largest absolute Gasteiger partial charge is 0.246 e. The van der Waals surface area contributed by atoms with E-state index in [1.165, 1.54) is 0 Å². The van der Waals surface area contributed by atoms with Crippen LogP contribution in [0.1, 0.15) is 12.8 Å². The summed E-state index contributed by atoms with van der Waals surface area (Å²) in [7, 11) is -7.79. The summed E-state index contributed by atoms with van der Waals surface area (Å²) in [5, 5.41) is 0.770. The highest BCUT2D eigenvalue weighted by Crippen LogP contribution is 2.25. The maximum absolute atomic E-state index is 13.8. The predicted molar refractivity (Wildman–Crippen MR) is 85.0 cm³/mol. The molecule has 0 amide bonds. The van der Waals surface area contributed by atoms with E-state index in [2.05, 4.69) is 11.3 Å². The van der Waals surface area contributed by atoms with Gasteiger partial charge in [-0.15, -0.1) is 0 Å². The van der Waals surface area contributed by atoms with Crippen molar-refractivity contribution in [3.05, 3.63) is 41.8 Å². The van der Waals surface area contributed by atoms with E-state index < -0.39 is 36.6 Å². The molecule has 1 N–H and O–H groups in total. The molecule has 1 fully saturated rings. The van der Waals surface area contributed by atoms with Crippen LogP contribution in [0, 0.1) is 17.6 Å². The number of benzene rings is 1. The molecule has 6 nitrogen and oxygen atoms in total. The van der Waals surface area contributed by atoms with Crippen LogP contribution < -0.4 is 4.72 Å². The van der Waals surface area contributed by atoms with E-state index in [4.69, 9.17) is 0 Å². The summed E-state index contributed by atoms with van der Waals surface area (Å²) in [5.41, 5.74) is 0. The summed E-state index contributed by atoms with van der Waals surface area (Å²) in [6.45, 7) is 3.42. The van der Waals surface area contributed by atoms with Crippen molar-refractivity contribution < 1.29 is 25.6 Å². The van der Waals surface area contributed by atoms with Gasteiger partial charge in [0.25, 0.3) is 0 Å². The molecule has 0 aliphatic carbocycles. The van der Waals surface area contributed by atoms with E-state index in [0.717, 1.165) is 21.8 Å². The van der Waals surface area contributed by atoms with Crippen molar-refractivity contribution in [1.82, 2.24) is 9.03 Å². The zero-order valence-electron chi connectivity index (χ0n) is 12.8. The van der Waals surface area contributed by atoms with E-state index in [1.54, 1.807) is 0 Å². The van der Waals surface area contributed by atoms with Gasteiger partial charge in [0.15, 0.2) is 0 Å². The van der Waals surface area contributed by atoms with Crippen LogP contribution in [0.25, 0.3) is 0 Å². The highest BCUT2D eigenvalue weighted by atomic mass is 32.2. The molecule has 1 aromatic carbocycles. The number of rotatable bonds is 6. The van der Waals surface area contributed by atoms with E-state index in [-0.39, 0.29) is 25.6 Å². The van der Waals surface area contributed by atoms with Crippen LogP contribution in [0.15, 0.2) is 35.1 Å². The minimum atomic E-state index is -4.19. The fraction of sp³-hybridized carbons (Fsp3) is 0.429. The van der Waals surface area contributed by atoms with Gasteiger partial charge in [0.05, 0.1) is 0 Å². The molecule has 1 aliphatic rings. The van der Waals surface area contributed by atoms with Gasteiger partial charge in [-0.1, -0.05) is 6.58 Å². The quantitative estimate of drug-likeness (QED) is 0.809. The first-order valence-corrected chi connectivity index (χ1v) is 10.2. The Morgan fingerprint density at radius 2 is 2.00 bits per heavy atom. The molecule has 1 unspecified atom stereocenters. The van der Waals surface area contributed by atoms with Gasteiger partial charge in [-0.2, -0.15) is 4.31 Å². The summed E-state index contributed by atoms with van der Waals surface area (Å²) >= 11 is 0. The molecule has 1 heterocycles. The molecular formula is C14H18F2N2O4S2. The lowest BCUT2D eigenvalue weighted by molar-refractivity contribution is 0.266. The molecule has 10 heteroatoms. The maximum atomic E-state index is 13.8. The van der Waals surface area contributed by atoms with E-state index in [1.807, 2.05) is 0 Å². The number of hydrogen-bond donors (Lipinski definition) is 1. The molecule has 1 aromatic rings. The molecule has 1 saturated heterocycles. The van der Waals surface area contributed by atoms with Gasteiger partial charge in [0.2, 0.25) is 20.0 Å². The summed E-state index contributed by atoms with van der Waals surface area (Å²) < 4.78 is 78.2. The number of halogens is 2. The lowest BCUT2D eigenvalue weighted by atomic mass is 10.0. The highest BCUT2D eigenvalue weighted by Gasteiger charge is 2.32. The summed E-state index contributed by atoms with van der Waals surface area (Å²) in [5.74, 6) is -2.13. The first-order valence-electron chi connectivity index (χ1n) is 7.23. The van der Waals surface area contributed by atoms with Crippen LogP contribution in [0.4, 0.5) is 8.78 Å². The molecule has 0 saturated carbocycles. The number of nitrogens with zero attached hydrogens (tertiary/aromatic N) is 1. The van der Waals surface area contributed by atoms with Crippen LogP contribution >= 0.6 is 0 Å². The minimum absolute atomic E-state index is 0.0257. The molecule has 1 atom stereocenters. The second-order valence-electron chi connectivity index (χ2n) is 5.51. The highest BCUT2D eigenvalue weighted by molar-refractivity contribution is 7.92. The van der Waals surface area contributed by atoms with E-state index in [9.17, 15) is 25.6 Å². The Balaban J connectivity index is 2.16. The number of piperidine rings is 1. The van der Waals surface area contributed by atoms with Crippen LogP contribution in [0.5, 0.6) is 0 Å². The molecule has 0 aromatic heterocycles. The first kappa shape index (κ1) is 19.0. The molecule has 134 valence electrons. The van der Waals surface area contributed by atoms with Crippen molar-refractivity contribution >= 4 is 20.0 Å². The van der Waals surface area contributed by atoms with Gasteiger partial charge >= 0.3 is 0 Å². The smallest absolute Gasteiger partial charge is 0.211 e. The topological polar surface area (TPSA) is 83.6 Å². The Morgan fingerprint density at radius 3 is 2.67 bits per heavy atom. The molecule has 24 heavy (non-hydrogen) atoms. The fourth-order valence-corrected chi connectivity index (χ4v) is 4.74. The summed E-state index contributed by atoms with van der Waals surface area (Å²) in [6.07, 6.45) is 1.12. The van der Waals surface area contributed by atoms with Gasteiger partial charge in [-0.05, 0) is 37.0 Å². The van der Waals surface area contributed by atoms with E-state index >= 15 is 0 Å². The van der Waals surface area contributed by atoms with Crippen molar-refractivity contribution in [2.45, 2.75) is 17.7 Å². The average molecular weight is 380 g/mol. The Morgan fingerprint density at radius 1 is 1.29 bits per heavy atom. The van der Waals surface area contributed by atoms with Crippen LogP contribution in [-0.2, 0) is 20.0 Å². The molecule has 1 aliphatic heterocycles. The zero-order chi connectivity index (χ0) is 18.0. The second-order valence-corrected chi connectivity index (χ2v) is 9.12. The van der Waals surface area contributed by atoms with Gasteiger partial charge in [-0.3, -0.25) is 0 Å². The molecular weight excluding hydrogens is 362 g/mol. The zero-order valence-corrected chi connectivity index (χ0v) is 14.4. The monoisotopic (exact) mass is 380 g/mol.